The summed E-state index contributed by atoms with van der Waals surface area (Å²) in [4.78, 5) is 4.12. The summed E-state index contributed by atoms with van der Waals surface area (Å²) in [7, 11) is 0. The smallest absolute Gasteiger partial charge is 0.149 e. The number of anilines is 2. The van der Waals surface area contributed by atoms with Crippen molar-refractivity contribution >= 4 is 11.5 Å². The van der Waals surface area contributed by atoms with E-state index in [4.69, 9.17) is 5.73 Å². The summed E-state index contributed by atoms with van der Waals surface area (Å²) in [5.41, 5.74) is 7.31. The normalized spacial score (nSPS) is 10.2. The molecule has 0 aliphatic carbocycles. The molecular formula is C13H14FN3. The maximum Gasteiger partial charge on any atom is 0.149 e. The zero-order chi connectivity index (χ0) is 12.1. The number of nitrogens with one attached hydrogen (secondary N) is 1. The average Bonchev–Trinajstić information content (AvgIpc) is 2.32. The van der Waals surface area contributed by atoms with Crippen LogP contribution in [0.4, 0.5) is 15.9 Å². The molecule has 0 spiro atoms. The van der Waals surface area contributed by atoms with E-state index in [2.05, 4.69) is 10.3 Å². The molecule has 0 aliphatic heterocycles. The first-order valence-corrected chi connectivity index (χ1v) is 5.44. The minimum atomic E-state index is -0.208. The summed E-state index contributed by atoms with van der Waals surface area (Å²) >= 11 is 0. The second kappa shape index (κ2) is 5.30. The summed E-state index contributed by atoms with van der Waals surface area (Å²) in [6.07, 6.45) is 2.41. The van der Waals surface area contributed by atoms with Gasteiger partial charge in [0.2, 0.25) is 0 Å². The summed E-state index contributed by atoms with van der Waals surface area (Å²) in [6.45, 7) is 0.671. The number of rotatable bonds is 4. The van der Waals surface area contributed by atoms with Gasteiger partial charge in [-0.3, -0.25) is 0 Å². The number of benzene rings is 1. The molecule has 0 radical (unpaired) electrons. The van der Waals surface area contributed by atoms with Gasteiger partial charge < -0.3 is 11.1 Å². The third-order valence-corrected chi connectivity index (χ3v) is 2.43. The van der Waals surface area contributed by atoms with Gasteiger partial charge in [0.15, 0.2) is 0 Å². The Labute approximate surface area is 99.5 Å². The largest absolute Gasteiger partial charge is 0.396 e. The van der Waals surface area contributed by atoms with Crippen molar-refractivity contribution in [2.45, 2.75) is 6.42 Å². The van der Waals surface area contributed by atoms with Gasteiger partial charge >= 0.3 is 0 Å². The van der Waals surface area contributed by atoms with Gasteiger partial charge in [0.1, 0.15) is 11.6 Å². The number of hydrogen-bond acceptors (Lipinski definition) is 3. The topological polar surface area (TPSA) is 50.9 Å². The van der Waals surface area contributed by atoms with Crippen molar-refractivity contribution in [2.24, 2.45) is 0 Å². The Morgan fingerprint density at radius 3 is 2.88 bits per heavy atom. The molecule has 0 bridgehead atoms. The van der Waals surface area contributed by atoms with E-state index in [-0.39, 0.29) is 5.82 Å². The van der Waals surface area contributed by atoms with Crippen molar-refractivity contribution < 1.29 is 4.39 Å². The fourth-order valence-corrected chi connectivity index (χ4v) is 1.58. The maximum atomic E-state index is 12.9. The standard InChI is InChI=1S/C13H14FN3/c14-11-4-1-3-10(9-11)6-8-17-13-12(15)5-2-7-16-13/h1-5,7,9H,6,8,15H2,(H,16,17). The van der Waals surface area contributed by atoms with E-state index in [0.717, 1.165) is 12.0 Å². The van der Waals surface area contributed by atoms with E-state index in [1.165, 1.54) is 12.1 Å². The number of pyridine rings is 1. The number of nitrogens with two attached hydrogens (primary N) is 1. The molecule has 17 heavy (non-hydrogen) atoms. The van der Waals surface area contributed by atoms with Crippen LogP contribution in [0.25, 0.3) is 0 Å². The highest BCUT2D eigenvalue weighted by Crippen LogP contribution is 2.13. The number of hydrogen-bond donors (Lipinski definition) is 2. The van der Waals surface area contributed by atoms with Gasteiger partial charge in [0.25, 0.3) is 0 Å². The fraction of sp³-hybridized carbons (Fsp3) is 0.154. The molecule has 88 valence electrons. The monoisotopic (exact) mass is 231 g/mol. The predicted molar refractivity (Wildman–Crippen MR) is 67.2 cm³/mol. The molecule has 2 rings (SSSR count). The lowest BCUT2D eigenvalue weighted by molar-refractivity contribution is 0.625. The van der Waals surface area contributed by atoms with Gasteiger partial charge in [-0.15, -0.1) is 0 Å². The number of nitrogen functional groups attached to an aromatic ring is 1. The quantitative estimate of drug-likeness (QED) is 0.849. The van der Waals surface area contributed by atoms with Crippen LogP contribution in [0, 0.1) is 5.82 Å². The molecule has 1 aromatic carbocycles. The maximum absolute atomic E-state index is 12.9. The molecule has 0 unspecified atom stereocenters. The third-order valence-electron chi connectivity index (χ3n) is 2.43. The fourth-order valence-electron chi connectivity index (χ4n) is 1.58. The van der Waals surface area contributed by atoms with Crippen LogP contribution in [-0.2, 0) is 6.42 Å². The van der Waals surface area contributed by atoms with Gasteiger partial charge in [-0.2, -0.15) is 0 Å². The Kier molecular flexibility index (Phi) is 3.55. The molecule has 2 aromatic rings. The van der Waals surface area contributed by atoms with Gasteiger partial charge in [-0.05, 0) is 36.2 Å². The minimum Gasteiger partial charge on any atom is -0.396 e. The predicted octanol–water partition coefficient (Wildman–Crippen LogP) is 2.46. The highest BCUT2D eigenvalue weighted by Gasteiger charge is 1.99. The van der Waals surface area contributed by atoms with E-state index in [9.17, 15) is 4.39 Å². The molecule has 0 aliphatic rings. The van der Waals surface area contributed by atoms with Gasteiger partial charge in [0.05, 0.1) is 5.69 Å². The van der Waals surface area contributed by atoms with Crippen LogP contribution < -0.4 is 11.1 Å². The zero-order valence-electron chi connectivity index (χ0n) is 9.36. The third kappa shape index (κ3) is 3.17. The van der Waals surface area contributed by atoms with Gasteiger partial charge in [0, 0.05) is 12.7 Å². The summed E-state index contributed by atoms with van der Waals surface area (Å²) in [5.74, 6) is 0.462. The van der Waals surface area contributed by atoms with E-state index >= 15 is 0 Å². The molecular weight excluding hydrogens is 217 g/mol. The Morgan fingerprint density at radius 2 is 2.12 bits per heavy atom. The van der Waals surface area contributed by atoms with Crippen LogP contribution in [0.2, 0.25) is 0 Å². The first-order chi connectivity index (χ1) is 8.25. The number of aromatic nitrogens is 1. The van der Waals surface area contributed by atoms with E-state index in [1.807, 2.05) is 6.07 Å². The molecule has 0 fully saturated rings. The molecule has 3 nitrogen and oxygen atoms in total. The Hall–Kier alpha value is -2.10. The molecule has 1 aromatic heterocycles. The lowest BCUT2D eigenvalue weighted by atomic mass is 10.1. The van der Waals surface area contributed by atoms with Gasteiger partial charge in [-0.25, -0.2) is 9.37 Å². The highest BCUT2D eigenvalue weighted by atomic mass is 19.1. The van der Waals surface area contributed by atoms with Crippen LogP contribution in [0.5, 0.6) is 0 Å². The first kappa shape index (κ1) is 11.4. The average molecular weight is 231 g/mol. The van der Waals surface area contributed by atoms with Crippen LogP contribution in [0.3, 0.4) is 0 Å². The summed E-state index contributed by atoms with van der Waals surface area (Å²) in [5, 5.41) is 3.12. The number of halogens is 1. The zero-order valence-corrected chi connectivity index (χ0v) is 9.36. The van der Waals surface area contributed by atoms with Crippen molar-refractivity contribution in [1.29, 1.82) is 0 Å². The van der Waals surface area contributed by atoms with Gasteiger partial charge in [-0.1, -0.05) is 12.1 Å². The highest BCUT2D eigenvalue weighted by molar-refractivity contribution is 5.60. The summed E-state index contributed by atoms with van der Waals surface area (Å²) < 4.78 is 12.9. The second-order valence-corrected chi connectivity index (χ2v) is 3.75. The number of nitrogens with zero attached hydrogens (tertiary/aromatic N) is 1. The van der Waals surface area contributed by atoms with Crippen molar-refractivity contribution in [2.75, 3.05) is 17.6 Å². The van der Waals surface area contributed by atoms with Crippen LogP contribution in [0.15, 0.2) is 42.6 Å². The minimum absolute atomic E-state index is 0.208. The Balaban J connectivity index is 1.90. The summed E-state index contributed by atoms with van der Waals surface area (Å²) in [6, 6.07) is 10.1. The van der Waals surface area contributed by atoms with Crippen LogP contribution >= 0.6 is 0 Å². The molecule has 0 saturated heterocycles. The lowest BCUT2D eigenvalue weighted by Gasteiger charge is -2.07. The van der Waals surface area contributed by atoms with Crippen LogP contribution in [0.1, 0.15) is 5.56 Å². The second-order valence-electron chi connectivity index (χ2n) is 3.75. The molecule has 0 amide bonds. The lowest BCUT2D eigenvalue weighted by Crippen LogP contribution is -2.08. The Bertz CT molecular complexity index is 500. The molecule has 3 N–H and O–H groups in total. The van der Waals surface area contributed by atoms with E-state index in [0.29, 0.717) is 18.1 Å². The van der Waals surface area contributed by atoms with Crippen molar-refractivity contribution in [3.63, 3.8) is 0 Å². The molecule has 1 heterocycles. The van der Waals surface area contributed by atoms with E-state index in [1.54, 1.807) is 24.4 Å². The van der Waals surface area contributed by atoms with Crippen molar-refractivity contribution in [3.8, 4) is 0 Å². The molecule has 4 heteroatoms. The van der Waals surface area contributed by atoms with E-state index < -0.39 is 0 Å². The molecule has 0 saturated carbocycles. The van der Waals surface area contributed by atoms with Crippen molar-refractivity contribution in [1.82, 2.24) is 4.98 Å². The van der Waals surface area contributed by atoms with Crippen LogP contribution in [-0.4, -0.2) is 11.5 Å². The van der Waals surface area contributed by atoms with Crippen molar-refractivity contribution in [3.05, 3.63) is 54.0 Å². The molecule has 0 atom stereocenters. The SMILES string of the molecule is Nc1cccnc1NCCc1cccc(F)c1. The first-order valence-electron chi connectivity index (χ1n) is 5.44. The Morgan fingerprint density at radius 1 is 1.24 bits per heavy atom.